The van der Waals surface area contributed by atoms with Gasteiger partial charge in [0.15, 0.2) is 0 Å². The summed E-state index contributed by atoms with van der Waals surface area (Å²) < 4.78 is 18.8. The van der Waals surface area contributed by atoms with Crippen LogP contribution in [0.3, 0.4) is 0 Å². The normalized spacial score (nSPS) is 10.5. The molecule has 0 aliphatic rings. The summed E-state index contributed by atoms with van der Waals surface area (Å²) >= 11 is 0. The van der Waals surface area contributed by atoms with Crippen LogP contribution in [0.2, 0.25) is 0 Å². The molecular weight excluding hydrogens is 243 g/mol. The first-order valence-electron chi connectivity index (χ1n) is 6.19. The molecule has 0 saturated carbocycles. The van der Waals surface area contributed by atoms with Crippen molar-refractivity contribution in [1.29, 1.82) is 0 Å². The van der Waals surface area contributed by atoms with Gasteiger partial charge in [0.2, 0.25) is 5.88 Å². The van der Waals surface area contributed by atoms with Gasteiger partial charge in [-0.1, -0.05) is 0 Å². The summed E-state index contributed by atoms with van der Waals surface area (Å²) in [5.74, 6) is 0.878. The summed E-state index contributed by atoms with van der Waals surface area (Å²) in [6, 6.07) is 6.65. The van der Waals surface area contributed by atoms with E-state index in [1.54, 1.807) is 25.3 Å². The molecule has 1 heterocycles. The summed E-state index contributed by atoms with van der Waals surface area (Å²) in [5, 5.41) is 0. The second-order valence-electron chi connectivity index (χ2n) is 4.52. The molecular formula is C15H17FN2O. The average molecular weight is 260 g/mol. The standard InChI is InChI=1S/C15H17FN2O/c1-10-8-13(3-4-14(10)16)19-15-11(2)7-12(5-6-17)9-18-15/h3-4,7-9H,5-6,17H2,1-2H3. The Morgan fingerprint density at radius 3 is 2.63 bits per heavy atom. The SMILES string of the molecule is Cc1cc(Oc2ncc(CCN)cc2C)ccc1F. The zero-order valence-corrected chi connectivity index (χ0v) is 11.1. The van der Waals surface area contributed by atoms with Gasteiger partial charge in [0.05, 0.1) is 0 Å². The van der Waals surface area contributed by atoms with Crippen LogP contribution in [0.5, 0.6) is 11.6 Å². The van der Waals surface area contributed by atoms with Crippen molar-refractivity contribution in [2.75, 3.05) is 6.54 Å². The quantitative estimate of drug-likeness (QED) is 0.918. The first-order chi connectivity index (χ1) is 9.10. The van der Waals surface area contributed by atoms with Gasteiger partial charge in [0.1, 0.15) is 11.6 Å². The van der Waals surface area contributed by atoms with Crippen molar-refractivity contribution in [3.05, 3.63) is 53.0 Å². The van der Waals surface area contributed by atoms with E-state index >= 15 is 0 Å². The predicted molar refractivity (Wildman–Crippen MR) is 72.9 cm³/mol. The number of pyridine rings is 1. The maximum Gasteiger partial charge on any atom is 0.222 e. The van der Waals surface area contributed by atoms with E-state index in [9.17, 15) is 4.39 Å². The average Bonchev–Trinajstić information content (AvgIpc) is 2.37. The molecule has 0 saturated heterocycles. The molecule has 0 radical (unpaired) electrons. The van der Waals surface area contributed by atoms with Crippen LogP contribution in [0.15, 0.2) is 30.5 Å². The molecule has 0 fully saturated rings. The fraction of sp³-hybridized carbons (Fsp3) is 0.267. The highest BCUT2D eigenvalue weighted by atomic mass is 19.1. The second-order valence-corrected chi connectivity index (χ2v) is 4.52. The van der Waals surface area contributed by atoms with Crippen molar-refractivity contribution in [3.8, 4) is 11.6 Å². The Morgan fingerprint density at radius 2 is 2.00 bits per heavy atom. The van der Waals surface area contributed by atoms with Crippen molar-refractivity contribution in [3.63, 3.8) is 0 Å². The van der Waals surface area contributed by atoms with Gasteiger partial charge in [-0.25, -0.2) is 9.37 Å². The Labute approximate surface area is 112 Å². The minimum absolute atomic E-state index is 0.240. The largest absolute Gasteiger partial charge is 0.439 e. The molecule has 2 aromatic rings. The smallest absolute Gasteiger partial charge is 0.222 e. The minimum atomic E-state index is -0.240. The first-order valence-corrected chi connectivity index (χ1v) is 6.19. The summed E-state index contributed by atoms with van der Waals surface area (Å²) in [6.45, 7) is 4.23. The Bertz CT molecular complexity index is 584. The summed E-state index contributed by atoms with van der Waals surface area (Å²) in [7, 11) is 0. The van der Waals surface area contributed by atoms with Crippen LogP contribution in [-0.2, 0) is 6.42 Å². The number of halogens is 1. The highest BCUT2D eigenvalue weighted by Crippen LogP contribution is 2.24. The fourth-order valence-electron chi connectivity index (χ4n) is 1.82. The molecule has 19 heavy (non-hydrogen) atoms. The van der Waals surface area contributed by atoms with Gasteiger partial charge in [0.25, 0.3) is 0 Å². The molecule has 2 rings (SSSR count). The molecule has 0 bridgehead atoms. The van der Waals surface area contributed by atoms with Crippen LogP contribution in [0, 0.1) is 19.7 Å². The summed E-state index contributed by atoms with van der Waals surface area (Å²) in [4.78, 5) is 4.27. The van der Waals surface area contributed by atoms with Gasteiger partial charge < -0.3 is 10.5 Å². The van der Waals surface area contributed by atoms with E-state index in [2.05, 4.69) is 4.98 Å². The molecule has 100 valence electrons. The van der Waals surface area contributed by atoms with Crippen molar-refractivity contribution >= 4 is 0 Å². The van der Waals surface area contributed by atoms with Gasteiger partial charge in [0, 0.05) is 11.8 Å². The highest BCUT2D eigenvalue weighted by Gasteiger charge is 2.06. The lowest BCUT2D eigenvalue weighted by molar-refractivity contribution is 0.456. The Kier molecular flexibility index (Phi) is 4.12. The number of nitrogens with two attached hydrogens (primary N) is 1. The van der Waals surface area contributed by atoms with Crippen molar-refractivity contribution < 1.29 is 9.13 Å². The minimum Gasteiger partial charge on any atom is -0.439 e. The van der Waals surface area contributed by atoms with E-state index in [-0.39, 0.29) is 5.82 Å². The topological polar surface area (TPSA) is 48.1 Å². The Morgan fingerprint density at radius 1 is 1.21 bits per heavy atom. The first kappa shape index (κ1) is 13.5. The van der Waals surface area contributed by atoms with E-state index < -0.39 is 0 Å². The molecule has 0 unspecified atom stereocenters. The fourth-order valence-corrected chi connectivity index (χ4v) is 1.82. The third-order valence-electron chi connectivity index (χ3n) is 2.86. The van der Waals surface area contributed by atoms with Gasteiger partial charge in [-0.2, -0.15) is 0 Å². The van der Waals surface area contributed by atoms with Crippen LogP contribution in [-0.4, -0.2) is 11.5 Å². The number of aromatic nitrogens is 1. The molecule has 0 aliphatic carbocycles. The van der Waals surface area contributed by atoms with Gasteiger partial charge in [-0.05, 0) is 62.2 Å². The lowest BCUT2D eigenvalue weighted by Gasteiger charge is -2.09. The van der Waals surface area contributed by atoms with Gasteiger partial charge >= 0.3 is 0 Å². The van der Waals surface area contributed by atoms with Crippen molar-refractivity contribution in [2.45, 2.75) is 20.3 Å². The monoisotopic (exact) mass is 260 g/mol. The van der Waals surface area contributed by atoms with Crippen LogP contribution in [0.4, 0.5) is 4.39 Å². The zero-order chi connectivity index (χ0) is 13.8. The Hall–Kier alpha value is -1.94. The van der Waals surface area contributed by atoms with Crippen LogP contribution in [0.1, 0.15) is 16.7 Å². The van der Waals surface area contributed by atoms with E-state index in [1.807, 2.05) is 13.0 Å². The molecule has 0 spiro atoms. The predicted octanol–water partition coefficient (Wildman–Crippen LogP) is 3.13. The molecule has 0 aliphatic heterocycles. The summed E-state index contributed by atoms with van der Waals surface area (Å²) in [5.41, 5.74) is 8.08. The molecule has 4 heteroatoms. The van der Waals surface area contributed by atoms with E-state index in [0.29, 0.717) is 23.7 Å². The van der Waals surface area contributed by atoms with E-state index in [0.717, 1.165) is 17.5 Å². The number of rotatable bonds is 4. The van der Waals surface area contributed by atoms with E-state index in [1.165, 1.54) is 6.07 Å². The molecule has 0 amide bonds. The number of aryl methyl sites for hydroxylation is 2. The lowest BCUT2D eigenvalue weighted by Crippen LogP contribution is -2.03. The molecule has 0 atom stereocenters. The van der Waals surface area contributed by atoms with Crippen molar-refractivity contribution in [2.24, 2.45) is 5.73 Å². The number of ether oxygens (including phenoxy) is 1. The number of hydrogen-bond donors (Lipinski definition) is 1. The lowest BCUT2D eigenvalue weighted by atomic mass is 10.1. The highest BCUT2D eigenvalue weighted by molar-refractivity contribution is 5.35. The molecule has 3 nitrogen and oxygen atoms in total. The third-order valence-corrected chi connectivity index (χ3v) is 2.86. The number of hydrogen-bond acceptors (Lipinski definition) is 3. The van der Waals surface area contributed by atoms with Crippen LogP contribution in [0.25, 0.3) is 0 Å². The maximum absolute atomic E-state index is 13.2. The molecule has 2 N–H and O–H groups in total. The molecule has 1 aromatic carbocycles. The number of nitrogens with zero attached hydrogens (tertiary/aromatic N) is 1. The van der Waals surface area contributed by atoms with E-state index in [4.69, 9.17) is 10.5 Å². The van der Waals surface area contributed by atoms with Crippen LogP contribution >= 0.6 is 0 Å². The maximum atomic E-state index is 13.2. The second kappa shape index (κ2) is 5.80. The Balaban J connectivity index is 2.20. The van der Waals surface area contributed by atoms with Crippen molar-refractivity contribution in [1.82, 2.24) is 4.98 Å². The van der Waals surface area contributed by atoms with Gasteiger partial charge in [-0.3, -0.25) is 0 Å². The third kappa shape index (κ3) is 3.29. The number of benzene rings is 1. The van der Waals surface area contributed by atoms with Crippen LogP contribution < -0.4 is 10.5 Å². The molecule has 1 aromatic heterocycles. The summed E-state index contributed by atoms with van der Waals surface area (Å²) in [6.07, 6.45) is 2.55. The zero-order valence-electron chi connectivity index (χ0n) is 11.1. The van der Waals surface area contributed by atoms with Gasteiger partial charge in [-0.15, -0.1) is 0 Å².